The zero-order valence-corrected chi connectivity index (χ0v) is 11.1. The molecule has 3 nitrogen and oxygen atoms in total. The van der Waals surface area contributed by atoms with Crippen LogP contribution in [0.15, 0.2) is 30.5 Å². The third kappa shape index (κ3) is 2.47. The molecule has 5 heteroatoms. The molecular weight excluding hydrogens is 271 g/mol. The van der Waals surface area contributed by atoms with Crippen LogP contribution in [0.1, 0.15) is 21.5 Å². The van der Waals surface area contributed by atoms with Crippen molar-refractivity contribution in [1.82, 2.24) is 4.98 Å². The van der Waals surface area contributed by atoms with Gasteiger partial charge in [-0.1, -0.05) is 23.2 Å². The zero-order chi connectivity index (χ0) is 13.3. The van der Waals surface area contributed by atoms with Gasteiger partial charge in [0.05, 0.1) is 15.6 Å². The van der Waals surface area contributed by atoms with E-state index in [4.69, 9.17) is 28.9 Å². The second-order valence-electron chi connectivity index (χ2n) is 3.90. The molecule has 2 aromatic rings. The first-order chi connectivity index (χ1) is 8.49. The molecule has 1 heterocycles. The number of aromatic nitrogens is 1. The van der Waals surface area contributed by atoms with E-state index in [1.165, 1.54) is 6.07 Å². The molecule has 2 rings (SSSR count). The summed E-state index contributed by atoms with van der Waals surface area (Å²) in [6, 6.07) is 6.41. The van der Waals surface area contributed by atoms with E-state index in [1.54, 1.807) is 24.4 Å². The summed E-state index contributed by atoms with van der Waals surface area (Å²) in [5, 5.41) is 0.741. The number of ketones is 1. The number of nitrogens with two attached hydrogens (primary N) is 1. The standard InChI is InChI=1S/C13H10Cl2N2O/c1-7-4-9(13(16)17-6-7)12(18)8-2-3-10(14)11(15)5-8/h2-6H,1H3,(H2,16,17). The van der Waals surface area contributed by atoms with E-state index in [0.29, 0.717) is 21.2 Å². The maximum Gasteiger partial charge on any atom is 0.196 e. The number of anilines is 1. The van der Waals surface area contributed by atoms with Gasteiger partial charge >= 0.3 is 0 Å². The highest BCUT2D eigenvalue weighted by Gasteiger charge is 2.14. The van der Waals surface area contributed by atoms with E-state index in [0.717, 1.165) is 5.56 Å². The van der Waals surface area contributed by atoms with Crippen molar-refractivity contribution in [1.29, 1.82) is 0 Å². The van der Waals surface area contributed by atoms with Crippen molar-refractivity contribution in [2.24, 2.45) is 0 Å². The maximum atomic E-state index is 12.3. The van der Waals surface area contributed by atoms with Crippen molar-refractivity contribution >= 4 is 34.8 Å². The van der Waals surface area contributed by atoms with Crippen LogP contribution in [-0.2, 0) is 0 Å². The Morgan fingerprint density at radius 2 is 1.94 bits per heavy atom. The lowest BCUT2D eigenvalue weighted by Gasteiger charge is -2.06. The van der Waals surface area contributed by atoms with E-state index < -0.39 is 0 Å². The Bertz CT molecular complexity index is 626. The number of pyridine rings is 1. The summed E-state index contributed by atoms with van der Waals surface area (Å²) < 4.78 is 0. The van der Waals surface area contributed by atoms with Gasteiger partial charge < -0.3 is 5.73 Å². The van der Waals surface area contributed by atoms with Crippen LogP contribution in [-0.4, -0.2) is 10.8 Å². The van der Waals surface area contributed by atoms with Gasteiger partial charge in [-0.15, -0.1) is 0 Å². The van der Waals surface area contributed by atoms with E-state index in [-0.39, 0.29) is 11.6 Å². The van der Waals surface area contributed by atoms with Crippen LogP contribution in [0.4, 0.5) is 5.82 Å². The minimum absolute atomic E-state index is 0.205. The molecule has 0 aliphatic heterocycles. The van der Waals surface area contributed by atoms with Crippen LogP contribution < -0.4 is 5.73 Å². The first-order valence-electron chi connectivity index (χ1n) is 5.21. The topological polar surface area (TPSA) is 56.0 Å². The number of aryl methyl sites for hydroxylation is 1. The molecule has 18 heavy (non-hydrogen) atoms. The molecule has 1 aromatic heterocycles. The highest BCUT2D eigenvalue weighted by atomic mass is 35.5. The van der Waals surface area contributed by atoms with Crippen molar-refractivity contribution in [2.75, 3.05) is 5.73 Å². The number of hydrogen-bond donors (Lipinski definition) is 1. The molecule has 0 bridgehead atoms. The van der Waals surface area contributed by atoms with Crippen molar-refractivity contribution < 1.29 is 4.79 Å². The lowest BCUT2D eigenvalue weighted by atomic mass is 10.0. The van der Waals surface area contributed by atoms with Crippen LogP contribution in [0.2, 0.25) is 10.0 Å². The second kappa shape index (κ2) is 4.96. The summed E-state index contributed by atoms with van der Waals surface area (Å²) in [6.45, 7) is 1.85. The number of halogens is 2. The fraction of sp³-hybridized carbons (Fsp3) is 0.0769. The number of carbonyl (C=O) groups excluding carboxylic acids is 1. The van der Waals surface area contributed by atoms with Crippen LogP contribution in [0.3, 0.4) is 0 Å². The molecule has 0 fully saturated rings. The van der Waals surface area contributed by atoms with E-state index >= 15 is 0 Å². The van der Waals surface area contributed by atoms with Crippen LogP contribution in [0, 0.1) is 6.92 Å². The van der Waals surface area contributed by atoms with E-state index in [2.05, 4.69) is 4.98 Å². The number of hydrogen-bond acceptors (Lipinski definition) is 3. The molecule has 0 amide bonds. The van der Waals surface area contributed by atoms with Gasteiger partial charge in [-0.25, -0.2) is 4.98 Å². The van der Waals surface area contributed by atoms with Gasteiger partial charge in [-0.2, -0.15) is 0 Å². The van der Waals surface area contributed by atoms with E-state index in [9.17, 15) is 4.79 Å². The van der Waals surface area contributed by atoms with Crippen molar-refractivity contribution in [2.45, 2.75) is 6.92 Å². The zero-order valence-electron chi connectivity index (χ0n) is 9.58. The third-order valence-corrected chi connectivity index (χ3v) is 3.22. The van der Waals surface area contributed by atoms with Crippen LogP contribution >= 0.6 is 23.2 Å². The molecule has 92 valence electrons. The van der Waals surface area contributed by atoms with Gasteiger partial charge in [0.15, 0.2) is 5.78 Å². The van der Waals surface area contributed by atoms with Crippen LogP contribution in [0.5, 0.6) is 0 Å². The molecule has 0 spiro atoms. The number of nitrogen functional groups attached to an aromatic ring is 1. The Hall–Kier alpha value is -1.58. The van der Waals surface area contributed by atoms with Gasteiger partial charge in [0.1, 0.15) is 5.82 Å². The number of rotatable bonds is 2. The second-order valence-corrected chi connectivity index (χ2v) is 4.72. The van der Waals surface area contributed by atoms with Crippen molar-refractivity contribution in [3.05, 3.63) is 57.2 Å². The molecule has 0 aliphatic rings. The van der Waals surface area contributed by atoms with Gasteiger partial charge in [0.25, 0.3) is 0 Å². The van der Waals surface area contributed by atoms with Crippen molar-refractivity contribution in [3.8, 4) is 0 Å². The molecular formula is C13H10Cl2N2O. The largest absolute Gasteiger partial charge is 0.383 e. The van der Waals surface area contributed by atoms with Gasteiger partial charge in [-0.3, -0.25) is 4.79 Å². The maximum absolute atomic E-state index is 12.3. The summed E-state index contributed by atoms with van der Waals surface area (Å²) >= 11 is 11.7. The summed E-state index contributed by atoms with van der Waals surface area (Å²) in [5.74, 6) is -0.0149. The summed E-state index contributed by atoms with van der Waals surface area (Å²) in [5.41, 5.74) is 7.38. The molecule has 0 aliphatic carbocycles. The minimum atomic E-state index is -0.220. The Morgan fingerprint density at radius 1 is 1.22 bits per heavy atom. The van der Waals surface area contributed by atoms with E-state index in [1.807, 2.05) is 6.92 Å². The quantitative estimate of drug-likeness (QED) is 0.857. The van der Waals surface area contributed by atoms with Gasteiger partial charge in [-0.05, 0) is 36.8 Å². The van der Waals surface area contributed by atoms with Gasteiger partial charge in [0.2, 0.25) is 0 Å². The van der Waals surface area contributed by atoms with Crippen molar-refractivity contribution in [3.63, 3.8) is 0 Å². The Labute approximate surface area is 115 Å². The minimum Gasteiger partial charge on any atom is -0.383 e. The Balaban J connectivity index is 2.47. The molecule has 1 aromatic carbocycles. The summed E-state index contributed by atoms with van der Waals surface area (Å²) in [7, 11) is 0. The predicted molar refractivity (Wildman–Crippen MR) is 73.3 cm³/mol. The average molecular weight is 281 g/mol. The molecule has 0 saturated carbocycles. The first kappa shape index (κ1) is 12.9. The SMILES string of the molecule is Cc1cnc(N)c(C(=O)c2ccc(Cl)c(Cl)c2)c1. The number of benzene rings is 1. The summed E-state index contributed by atoms with van der Waals surface area (Å²) in [6.07, 6.45) is 1.61. The third-order valence-electron chi connectivity index (χ3n) is 2.48. The summed E-state index contributed by atoms with van der Waals surface area (Å²) in [4.78, 5) is 16.2. The smallest absolute Gasteiger partial charge is 0.196 e. The fourth-order valence-electron chi connectivity index (χ4n) is 1.55. The molecule has 2 N–H and O–H groups in total. The highest BCUT2D eigenvalue weighted by molar-refractivity contribution is 6.42. The molecule has 0 unspecified atom stereocenters. The fourth-order valence-corrected chi connectivity index (χ4v) is 1.85. The number of nitrogens with zero attached hydrogens (tertiary/aromatic N) is 1. The van der Waals surface area contributed by atoms with Gasteiger partial charge in [0, 0.05) is 11.8 Å². The lowest BCUT2D eigenvalue weighted by Crippen LogP contribution is -2.07. The molecule has 0 saturated heterocycles. The first-order valence-corrected chi connectivity index (χ1v) is 5.96. The lowest BCUT2D eigenvalue weighted by molar-refractivity contribution is 0.103. The highest BCUT2D eigenvalue weighted by Crippen LogP contribution is 2.25. The monoisotopic (exact) mass is 280 g/mol. The Kier molecular flexibility index (Phi) is 3.55. The molecule has 0 radical (unpaired) electrons. The molecule has 0 atom stereocenters. The van der Waals surface area contributed by atoms with Crippen LogP contribution in [0.25, 0.3) is 0 Å². The predicted octanol–water partition coefficient (Wildman–Crippen LogP) is 3.51. The number of carbonyl (C=O) groups is 1. The average Bonchev–Trinajstić information content (AvgIpc) is 2.35. The Morgan fingerprint density at radius 3 is 2.61 bits per heavy atom. The normalized spacial score (nSPS) is 10.4.